The summed E-state index contributed by atoms with van der Waals surface area (Å²) >= 11 is 1.47. The molecule has 0 spiro atoms. The highest BCUT2D eigenvalue weighted by Gasteiger charge is 2.32. The molecule has 12 nitrogen and oxygen atoms in total. The number of benzene rings is 1. The van der Waals surface area contributed by atoms with Crippen molar-refractivity contribution < 1.29 is 24.3 Å². The number of nitrogens with zero attached hydrogens (tertiary/aromatic N) is 1. The summed E-state index contributed by atoms with van der Waals surface area (Å²) in [5, 5.41) is 18.6. The van der Waals surface area contributed by atoms with Gasteiger partial charge in [0.1, 0.15) is 18.1 Å². The average molecular weight is 586 g/mol. The van der Waals surface area contributed by atoms with E-state index in [1.807, 2.05) is 44.4 Å². The van der Waals surface area contributed by atoms with Crippen LogP contribution in [0, 0.1) is 5.92 Å². The molecule has 13 heteroatoms. The Labute approximate surface area is 243 Å². The lowest BCUT2D eigenvalue weighted by Crippen LogP contribution is -2.58. The largest absolute Gasteiger partial charge is 0.480 e. The van der Waals surface area contributed by atoms with E-state index in [9.17, 15) is 24.3 Å². The Morgan fingerprint density at radius 2 is 1.66 bits per heavy atom. The van der Waals surface area contributed by atoms with Crippen molar-refractivity contribution in [3.63, 3.8) is 0 Å². The molecule has 0 aliphatic heterocycles. The first-order valence-corrected chi connectivity index (χ1v) is 14.9. The Hall–Kier alpha value is -3.84. The molecule has 0 aliphatic carbocycles. The normalized spacial score (nSPS) is 14.9. The number of aromatic nitrogens is 3. The summed E-state index contributed by atoms with van der Waals surface area (Å²) in [6, 6.07) is 3.41. The first kappa shape index (κ1) is 31.7. The predicted octanol–water partition coefficient (Wildman–Crippen LogP) is 1.34. The molecule has 3 amide bonds. The smallest absolute Gasteiger partial charge is 0.326 e. The minimum Gasteiger partial charge on any atom is -0.480 e. The zero-order valence-corrected chi connectivity index (χ0v) is 24.3. The number of amides is 3. The molecule has 0 aliphatic rings. The highest BCUT2D eigenvalue weighted by Crippen LogP contribution is 2.19. The number of thioether (sulfide) groups is 1. The molecule has 0 bridgehead atoms. The standard InChI is InChI=1S/C28H39N7O5S/c1-4-16(2)24(29)27(38)35-23(12-18-14-30-15-32-18)26(37)34-22(25(36)33-21(28(39)40)9-10-41-3)11-17-13-31-20-8-6-5-7-19(17)20/h5-8,13-16,21-24,31H,4,9-12,29H2,1-3H3,(H,30,32)(H,33,36)(H,34,37)(H,35,38)(H,39,40). The molecule has 3 aromatic rings. The number of rotatable bonds is 16. The van der Waals surface area contributed by atoms with Crippen molar-refractivity contribution in [1.82, 2.24) is 30.9 Å². The van der Waals surface area contributed by atoms with Gasteiger partial charge in [0.25, 0.3) is 0 Å². The van der Waals surface area contributed by atoms with Crippen molar-refractivity contribution >= 4 is 46.4 Å². The fraction of sp³-hybridized carbons (Fsp3) is 0.464. The molecule has 8 N–H and O–H groups in total. The summed E-state index contributed by atoms with van der Waals surface area (Å²) in [6.07, 6.45) is 7.69. The second-order valence-electron chi connectivity index (χ2n) is 10.1. The van der Waals surface area contributed by atoms with Crippen molar-refractivity contribution in [2.75, 3.05) is 12.0 Å². The number of hydrogen-bond acceptors (Lipinski definition) is 7. The average Bonchev–Trinajstić information content (AvgIpc) is 3.63. The number of para-hydroxylation sites is 1. The van der Waals surface area contributed by atoms with Gasteiger partial charge in [-0.3, -0.25) is 14.4 Å². The van der Waals surface area contributed by atoms with Gasteiger partial charge in [0.05, 0.1) is 12.4 Å². The van der Waals surface area contributed by atoms with E-state index in [0.717, 1.165) is 16.5 Å². The molecule has 3 rings (SSSR count). The number of fused-ring (bicyclic) bond motifs is 1. The van der Waals surface area contributed by atoms with Crippen LogP contribution in [0.15, 0.2) is 43.0 Å². The molecular weight excluding hydrogens is 546 g/mol. The van der Waals surface area contributed by atoms with Crippen LogP contribution in [0.5, 0.6) is 0 Å². The molecular formula is C28H39N7O5S. The molecule has 2 aromatic heterocycles. The van der Waals surface area contributed by atoms with E-state index < -0.39 is 47.9 Å². The zero-order valence-electron chi connectivity index (χ0n) is 23.5. The Bertz CT molecular complexity index is 1310. The van der Waals surface area contributed by atoms with E-state index in [0.29, 0.717) is 17.9 Å². The van der Waals surface area contributed by atoms with Crippen molar-refractivity contribution in [2.45, 2.75) is 63.7 Å². The molecule has 1 aromatic carbocycles. The maximum Gasteiger partial charge on any atom is 0.326 e. The summed E-state index contributed by atoms with van der Waals surface area (Å²) in [5.74, 6) is -2.47. The molecule has 5 unspecified atom stereocenters. The van der Waals surface area contributed by atoms with Crippen LogP contribution in [0.1, 0.15) is 37.9 Å². The number of carbonyl (C=O) groups excluding carboxylic acids is 3. The van der Waals surface area contributed by atoms with E-state index in [4.69, 9.17) is 5.73 Å². The van der Waals surface area contributed by atoms with Crippen LogP contribution < -0.4 is 21.7 Å². The topological polar surface area (TPSA) is 195 Å². The first-order chi connectivity index (χ1) is 19.6. The van der Waals surface area contributed by atoms with Crippen LogP contribution in [-0.2, 0) is 32.0 Å². The number of nitrogens with one attached hydrogen (secondary N) is 5. The third kappa shape index (κ3) is 8.82. The summed E-state index contributed by atoms with van der Waals surface area (Å²) < 4.78 is 0. The molecule has 5 atom stereocenters. The van der Waals surface area contributed by atoms with Crippen LogP contribution in [0.2, 0.25) is 0 Å². The predicted molar refractivity (Wildman–Crippen MR) is 158 cm³/mol. The minimum absolute atomic E-state index is 0.0810. The van der Waals surface area contributed by atoms with Crippen LogP contribution in [0.25, 0.3) is 10.9 Å². The van der Waals surface area contributed by atoms with Gasteiger partial charge >= 0.3 is 5.97 Å². The number of aromatic amines is 2. The molecule has 0 fully saturated rings. The monoisotopic (exact) mass is 585 g/mol. The molecule has 41 heavy (non-hydrogen) atoms. The van der Waals surface area contributed by atoms with Gasteiger partial charge in [-0.1, -0.05) is 38.5 Å². The van der Waals surface area contributed by atoms with Gasteiger partial charge in [-0.25, -0.2) is 9.78 Å². The van der Waals surface area contributed by atoms with Crippen molar-refractivity contribution in [2.24, 2.45) is 11.7 Å². The summed E-state index contributed by atoms with van der Waals surface area (Å²) in [6.45, 7) is 3.77. The number of H-pyrrole nitrogens is 2. The van der Waals surface area contributed by atoms with Crippen LogP contribution in [0.4, 0.5) is 0 Å². The van der Waals surface area contributed by atoms with Gasteiger partial charge in [0, 0.05) is 41.8 Å². The van der Waals surface area contributed by atoms with Crippen LogP contribution in [-0.4, -0.2) is 79.9 Å². The Morgan fingerprint density at radius 1 is 1.00 bits per heavy atom. The lowest BCUT2D eigenvalue weighted by Gasteiger charge is -2.26. The number of carboxylic acids is 1. The van der Waals surface area contributed by atoms with E-state index in [1.165, 1.54) is 18.1 Å². The molecule has 0 radical (unpaired) electrons. The van der Waals surface area contributed by atoms with Gasteiger partial charge < -0.3 is 36.8 Å². The van der Waals surface area contributed by atoms with Gasteiger partial charge in [0.15, 0.2) is 0 Å². The van der Waals surface area contributed by atoms with E-state index in [-0.39, 0.29) is 25.2 Å². The second-order valence-corrected chi connectivity index (χ2v) is 11.0. The number of hydrogen-bond donors (Lipinski definition) is 7. The first-order valence-electron chi connectivity index (χ1n) is 13.5. The third-order valence-corrected chi connectivity index (χ3v) is 7.77. The molecule has 2 heterocycles. The molecule has 0 saturated carbocycles. The van der Waals surface area contributed by atoms with E-state index >= 15 is 0 Å². The highest BCUT2D eigenvalue weighted by molar-refractivity contribution is 7.98. The van der Waals surface area contributed by atoms with Crippen molar-refractivity contribution in [1.29, 1.82) is 0 Å². The Balaban J connectivity index is 1.87. The quantitative estimate of drug-likeness (QED) is 0.131. The maximum absolute atomic E-state index is 13.7. The number of aliphatic carboxylic acids is 1. The number of carboxylic acid groups (broad SMARTS) is 1. The molecule has 0 saturated heterocycles. The fourth-order valence-electron chi connectivity index (χ4n) is 4.37. The highest BCUT2D eigenvalue weighted by atomic mass is 32.2. The van der Waals surface area contributed by atoms with Gasteiger partial charge in [0.2, 0.25) is 17.7 Å². The fourth-order valence-corrected chi connectivity index (χ4v) is 4.84. The summed E-state index contributed by atoms with van der Waals surface area (Å²) in [4.78, 5) is 62.0. The maximum atomic E-state index is 13.7. The summed E-state index contributed by atoms with van der Waals surface area (Å²) in [5.41, 5.74) is 8.35. The number of nitrogens with two attached hydrogens (primary N) is 1. The Morgan fingerprint density at radius 3 is 2.29 bits per heavy atom. The number of carbonyl (C=O) groups is 4. The van der Waals surface area contributed by atoms with E-state index in [1.54, 1.807) is 12.4 Å². The van der Waals surface area contributed by atoms with Gasteiger partial charge in [-0.15, -0.1) is 0 Å². The lowest BCUT2D eigenvalue weighted by atomic mass is 9.98. The van der Waals surface area contributed by atoms with Gasteiger partial charge in [-0.2, -0.15) is 11.8 Å². The van der Waals surface area contributed by atoms with Crippen molar-refractivity contribution in [3.05, 3.63) is 54.2 Å². The Kier molecular flexibility index (Phi) is 11.8. The minimum atomic E-state index is -1.16. The number of imidazole rings is 1. The lowest BCUT2D eigenvalue weighted by molar-refractivity contribution is -0.142. The SMILES string of the molecule is CCC(C)C(N)C(=O)NC(Cc1cnc[nH]1)C(=O)NC(Cc1c[nH]c2ccccc12)C(=O)NC(CCSC)C(=O)O. The zero-order chi connectivity index (χ0) is 29.9. The molecule has 222 valence electrons. The van der Waals surface area contributed by atoms with Gasteiger partial charge in [-0.05, 0) is 36.0 Å². The van der Waals surface area contributed by atoms with Crippen LogP contribution >= 0.6 is 11.8 Å². The van der Waals surface area contributed by atoms with Crippen LogP contribution in [0.3, 0.4) is 0 Å². The van der Waals surface area contributed by atoms with E-state index in [2.05, 4.69) is 30.9 Å². The second kappa shape index (κ2) is 15.2. The third-order valence-electron chi connectivity index (χ3n) is 7.13. The summed E-state index contributed by atoms with van der Waals surface area (Å²) in [7, 11) is 0. The van der Waals surface area contributed by atoms with Crippen molar-refractivity contribution in [3.8, 4) is 0 Å².